The van der Waals surface area contributed by atoms with Gasteiger partial charge >= 0.3 is 0 Å². The van der Waals surface area contributed by atoms with E-state index in [1.165, 1.54) is 16.2 Å². The molecule has 1 saturated heterocycles. The number of nitrogens with one attached hydrogen (secondary N) is 1. The molecule has 4 rings (SSSR count). The van der Waals surface area contributed by atoms with Crippen LogP contribution in [-0.4, -0.2) is 54.2 Å². The predicted molar refractivity (Wildman–Crippen MR) is 134 cm³/mol. The maximum Gasteiger partial charge on any atom is 0.245 e. The summed E-state index contributed by atoms with van der Waals surface area (Å²) < 4.78 is 25.8. The summed E-state index contributed by atoms with van der Waals surface area (Å²) in [5.74, 6) is -1.33. The van der Waals surface area contributed by atoms with Crippen molar-refractivity contribution >= 4 is 44.6 Å². The van der Waals surface area contributed by atoms with E-state index in [2.05, 4.69) is 4.98 Å². The molecule has 8 nitrogen and oxygen atoms in total. The van der Waals surface area contributed by atoms with Gasteiger partial charge in [0.15, 0.2) is 9.84 Å². The lowest BCUT2D eigenvalue weighted by Gasteiger charge is -2.30. The molecule has 0 aliphatic carbocycles. The molecule has 1 aliphatic heterocycles. The zero-order valence-electron chi connectivity index (χ0n) is 18.7. The number of aromatic nitrogens is 1. The van der Waals surface area contributed by atoms with Gasteiger partial charge in [-0.15, -0.1) is 11.3 Å². The number of carbonyl (C=O) groups excluding carboxylic acids is 2. The van der Waals surface area contributed by atoms with E-state index in [4.69, 9.17) is 11.6 Å². The van der Waals surface area contributed by atoms with Crippen molar-refractivity contribution in [3.8, 4) is 10.4 Å². The van der Waals surface area contributed by atoms with Crippen LogP contribution in [-0.2, 0) is 30.6 Å². The van der Waals surface area contributed by atoms with Crippen LogP contribution in [0.3, 0.4) is 0 Å². The molecule has 2 aromatic heterocycles. The Morgan fingerprint density at radius 2 is 1.89 bits per heavy atom. The summed E-state index contributed by atoms with van der Waals surface area (Å²) in [5, 5.41) is 9.79. The van der Waals surface area contributed by atoms with Crippen molar-refractivity contribution in [1.29, 1.82) is 0 Å². The van der Waals surface area contributed by atoms with Crippen molar-refractivity contribution in [2.45, 2.75) is 24.0 Å². The molecule has 0 bridgehead atoms. The van der Waals surface area contributed by atoms with Crippen LogP contribution in [0.4, 0.5) is 0 Å². The quantitative estimate of drug-likeness (QED) is 0.370. The highest BCUT2D eigenvalue weighted by Gasteiger charge is 2.49. The highest BCUT2D eigenvalue weighted by atomic mass is 35.5. The maximum atomic E-state index is 13.7. The van der Waals surface area contributed by atoms with Crippen molar-refractivity contribution in [2.75, 3.05) is 18.8 Å². The summed E-state index contributed by atoms with van der Waals surface area (Å²) in [4.78, 5) is 32.2. The Morgan fingerprint density at radius 3 is 2.57 bits per heavy atom. The standard InChI is InChI=1S/C24H24ClN3O5S2/c25-18-6-4-17(5-7-18)20-8-9-21(34-20)24(16-22(29)27-31)10-12-28(13-14-35(24,32)33)23(30)15-19-3-1-2-11-26-19/h1-9,11,31H,10,12-16H2,(H,27,29)/t24-/m0/s1. The van der Waals surface area contributed by atoms with Gasteiger partial charge in [-0.3, -0.25) is 19.8 Å². The summed E-state index contributed by atoms with van der Waals surface area (Å²) >= 11 is 7.26. The molecule has 1 atom stereocenters. The molecule has 11 heteroatoms. The molecule has 184 valence electrons. The Morgan fingerprint density at radius 1 is 1.11 bits per heavy atom. The molecule has 35 heavy (non-hydrogen) atoms. The molecule has 0 saturated carbocycles. The number of hydroxylamine groups is 1. The number of thiophene rings is 1. The number of rotatable bonds is 6. The van der Waals surface area contributed by atoms with Gasteiger partial charge in [-0.25, -0.2) is 13.9 Å². The molecular formula is C24H24ClN3O5S2. The van der Waals surface area contributed by atoms with E-state index >= 15 is 0 Å². The Bertz CT molecular complexity index is 1310. The molecule has 1 fully saturated rings. The van der Waals surface area contributed by atoms with E-state index in [1.54, 1.807) is 48.1 Å². The molecule has 3 heterocycles. The number of sulfone groups is 1. The third-order valence-corrected chi connectivity index (χ3v) is 10.4. The molecule has 0 unspecified atom stereocenters. The minimum absolute atomic E-state index is 0.0198. The van der Waals surface area contributed by atoms with Crippen molar-refractivity contribution in [3.63, 3.8) is 0 Å². The number of benzene rings is 1. The number of nitrogens with zero attached hydrogens (tertiary/aromatic N) is 2. The molecule has 2 amide bonds. The highest BCUT2D eigenvalue weighted by Crippen LogP contribution is 2.45. The summed E-state index contributed by atoms with van der Waals surface area (Å²) in [7, 11) is -3.89. The molecule has 0 radical (unpaired) electrons. The van der Waals surface area contributed by atoms with Crippen molar-refractivity contribution < 1.29 is 23.2 Å². The molecule has 3 aromatic rings. The first-order valence-electron chi connectivity index (χ1n) is 10.9. The monoisotopic (exact) mass is 533 g/mol. The second-order valence-corrected chi connectivity index (χ2v) is 12.3. The van der Waals surface area contributed by atoms with Crippen LogP contribution < -0.4 is 5.48 Å². The van der Waals surface area contributed by atoms with Gasteiger partial charge in [0.25, 0.3) is 0 Å². The lowest BCUT2D eigenvalue weighted by Crippen LogP contribution is -2.41. The van der Waals surface area contributed by atoms with E-state index in [-0.39, 0.29) is 37.6 Å². The lowest BCUT2D eigenvalue weighted by molar-refractivity contribution is -0.130. The van der Waals surface area contributed by atoms with Gasteiger partial charge in [-0.05, 0) is 48.4 Å². The van der Waals surface area contributed by atoms with Crippen molar-refractivity contribution in [2.24, 2.45) is 0 Å². The number of halogens is 1. The minimum atomic E-state index is -3.89. The Labute approximate surface area is 212 Å². The Balaban J connectivity index is 1.67. The fourth-order valence-electron chi connectivity index (χ4n) is 4.24. The lowest BCUT2D eigenvalue weighted by atomic mass is 9.97. The molecular weight excluding hydrogens is 510 g/mol. The van der Waals surface area contributed by atoms with Gasteiger partial charge in [0.05, 0.1) is 18.6 Å². The first-order chi connectivity index (χ1) is 16.7. The fraction of sp³-hybridized carbons (Fsp3) is 0.292. The van der Waals surface area contributed by atoms with Gasteiger partial charge in [-0.2, -0.15) is 0 Å². The van der Waals surface area contributed by atoms with Crippen LogP contribution >= 0.6 is 22.9 Å². The third-order valence-electron chi connectivity index (χ3n) is 6.18. The Hall–Kier alpha value is -2.79. The average molecular weight is 534 g/mol. The number of pyridine rings is 1. The van der Waals surface area contributed by atoms with Gasteiger partial charge in [0.1, 0.15) is 4.75 Å². The SMILES string of the molecule is O=C(C[C@]1(c2ccc(-c3ccc(Cl)cc3)s2)CCN(C(=O)Cc2ccccn2)CCS1(=O)=O)NO. The van der Waals surface area contributed by atoms with Crippen LogP contribution in [0.5, 0.6) is 0 Å². The summed E-state index contributed by atoms with van der Waals surface area (Å²) in [6.07, 6.45) is 1.24. The first-order valence-corrected chi connectivity index (χ1v) is 13.8. The molecule has 1 aromatic carbocycles. The van der Waals surface area contributed by atoms with Gasteiger partial charge in [0.2, 0.25) is 11.8 Å². The number of hydrogen-bond donors (Lipinski definition) is 2. The van der Waals surface area contributed by atoms with Crippen LogP contribution in [0.15, 0.2) is 60.8 Å². The van der Waals surface area contributed by atoms with E-state index in [9.17, 15) is 23.2 Å². The maximum absolute atomic E-state index is 13.7. The fourth-order valence-corrected chi connectivity index (χ4v) is 7.97. The number of hydrogen-bond acceptors (Lipinski definition) is 7. The predicted octanol–water partition coefficient (Wildman–Crippen LogP) is 3.44. The van der Waals surface area contributed by atoms with Gasteiger partial charge < -0.3 is 4.90 Å². The molecule has 0 spiro atoms. The van der Waals surface area contributed by atoms with Gasteiger partial charge in [0, 0.05) is 39.8 Å². The minimum Gasteiger partial charge on any atom is -0.341 e. The summed E-state index contributed by atoms with van der Waals surface area (Å²) in [6.45, 7) is 0.170. The topological polar surface area (TPSA) is 117 Å². The zero-order valence-corrected chi connectivity index (χ0v) is 21.1. The van der Waals surface area contributed by atoms with E-state index in [1.807, 2.05) is 18.2 Å². The smallest absolute Gasteiger partial charge is 0.245 e. The first kappa shape index (κ1) is 25.3. The highest BCUT2D eigenvalue weighted by molar-refractivity contribution is 7.92. The third kappa shape index (κ3) is 5.40. The van der Waals surface area contributed by atoms with E-state index in [0.29, 0.717) is 15.6 Å². The van der Waals surface area contributed by atoms with Crippen molar-refractivity contribution in [3.05, 3.63) is 76.4 Å². The largest absolute Gasteiger partial charge is 0.341 e. The molecule has 1 aliphatic rings. The average Bonchev–Trinajstić information content (AvgIpc) is 3.29. The second-order valence-electron chi connectivity index (χ2n) is 8.32. The van der Waals surface area contributed by atoms with Crippen molar-refractivity contribution in [1.82, 2.24) is 15.4 Å². The summed E-state index contributed by atoms with van der Waals surface area (Å²) in [5.41, 5.74) is 3.04. The zero-order chi connectivity index (χ0) is 25.1. The Kier molecular flexibility index (Phi) is 7.56. The van der Waals surface area contributed by atoms with Gasteiger partial charge in [-0.1, -0.05) is 29.8 Å². The summed E-state index contributed by atoms with van der Waals surface area (Å²) in [6, 6.07) is 16.0. The normalized spacial score (nSPS) is 19.7. The van der Waals surface area contributed by atoms with Crippen LogP contribution in [0, 0.1) is 0 Å². The van der Waals surface area contributed by atoms with Crippen LogP contribution in [0.2, 0.25) is 5.02 Å². The number of carbonyl (C=O) groups is 2. The second kappa shape index (κ2) is 10.4. The van der Waals surface area contributed by atoms with E-state index in [0.717, 1.165) is 10.4 Å². The van der Waals surface area contributed by atoms with Crippen LogP contribution in [0.1, 0.15) is 23.4 Å². The van der Waals surface area contributed by atoms with Crippen LogP contribution in [0.25, 0.3) is 10.4 Å². The molecule has 2 N–H and O–H groups in total. The van der Waals surface area contributed by atoms with E-state index < -0.39 is 26.9 Å². The number of amides is 2.